The summed E-state index contributed by atoms with van der Waals surface area (Å²) in [7, 11) is 1.51. The number of carbonyl (C=O) groups is 4. The van der Waals surface area contributed by atoms with Crippen molar-refractivity contribution in [3.05, 3.63) is 23.8 Å². The quantitative estimate of drug-likeness (QED) is 0.566. The Kier molecular flexibility index (Phi) is 8.99. The molecule has 39 heavy (non-hydrogen) atoms. The summed E-state index contributed by atoms with van der Waals surface area (Å²) >= 11 is 0. The van der Waals surface area contributed by atoms with Crippen molar-refractivity contribution in [3.8, 4) is 5.75 Å². The minimum absolute atomic E-state index is 0.0826. The Morgan fingerprint density at radius 1 is 1.03 bits per heavy atom. The van der Waals surface area contributed by atoms with Gasteiger partial charge >= 0.3 is 12.1 Å². The minimum Gasteiger partial charge on any atom is -0.495 e. The highest BCUT2D eigenvalue weighted by molar-refractivity contribution is 6.07. The number of nitrogens with zero attached hydrogens (tertiary/aromatic N) is 3. The highest BCUT2D eigenvalue weighted by Gasteiger charge is 2.30. The summed E-state index contributed by atoms with van der Waals surface area (Å²) in [6.07, 6.45) is 3.87. The molecule has 1 aliphatic carbocycles. The minimum atomic E-state index is -0.516. The molecule has 0 aromatic heterocycles. The maximum Gasteiger partial charge on any atom is 0.407 e. The molecule has 2 aliphatic heterocycles. The Hall–Kier alpha value is -3.34. The maximum atomic E-state index is 13.3. The lowest BCUT2D eigenvalue weighted by Crippen LogP contribution is -2.50. The molecular weight excluding hydrogens is 502 g/mol. The Morgan fingerprint density at radius 2 is 1.72 bits per heavy atom. The molecule has 0 radical (unpaired) electrons. The molecule has 0 atom stereocenters. The summed E-state index contributed by atoms with van der Waals surface area (Å²) in [4.78, 5) is 55.0. The molecule has 5 amide bonds. The molecule has 11 heteroatoms. The van der Waals surface area contributed by atoms with Crippen LogP contribution in [0.1, 0.15) is 63.2 Å². The van der Waals surface area contributed by atoms with Gasteiger partial charge in [-0.2, -0.15) is 0 Å². The molecule has 2 N–H and O–H groups in total. The molecular formula is C28H41N5O6. The predicted molar refractivity (Wildman–Crippen MR) is 146 cm³/mol. The van der Waals surface area contributed by atoms with E-state index in [9.17, 15) is 19.2 Å². The Balaban J connectivity index is 1.25. The fourth-order valence-corrected chi connectivity index (χ4v) is 5.47. The van der Waals surface area contributed by atoms with E-state index in [-0.39, 0.29) is 36.9 Å². The zero-order valence-electron chi connectivity index (χ0n) is 23.5. The lowest BCUT2D eigenvalue weighted by atomic mass is 9.85. The molecule has 1 aromatic rings. The number of rotatable bonds is 6. The monoisotopic (exact) mass is 543 g/mol. The number of hydrogen-bond acceptors (Lipinski definition) is 7. The zero-order chi connectivity index (χ0) is 28.2. The standard InChI is InChI=1S/C28H41N5O6/c1-28(2,3)39-27(37)29-21-8-5-19(6-9-21)18-31-13-15-32(16-14-31)25(35)20-7-10-23(38-4)22(17-20)33-12-11-24(34)30-26(33)36/h7,10,17,19,21H,5-6,8-9,11-16,18H2,1-4H3,(H,29,37)(H,30,34,36). The van der Waals surface area contributed by atoms with Crippen LogP contribution in [0.25, 0.3) is 0 Å². The van der Waals surface area contributed by atoms with E-state index in [4.69, 9.17) is 9.47 Å². The van der Waals surface area contributed by atoms with Gasteiger partial charge in [-0.05, 0) is 70.6 Å². The number of anilines is 1. The number of urea groups is 1. The van der Waals surface area contributed by atoms with Crippen molar-refractivity contribution in [2.75, 3.05) is 51.3 Å². The molecule has 0 spiro atoms. The number of hydrogen-bond donors (Lipinski definition) is 2. The van der Waals surface area contributed by atoms with Crippen molar-refractivity contribution in [2.24, 2.45) is 5.92 Å². The van der Waals surface area contributed by atoms with Crippen molar-refractivity contribution >= 4 is 29.6 Å². The van der Waals surface area contributed by atoms with E-state index in [2.05, 4.69) is 15.5 Å². The Morgan fingerprint density at radius 3 is 2.33 bits per heavy atom. The first-order valence-electron chi connectivity index (χ1n) is 13.8. The number of benzene rings is 1. The van der Waals surface area contributed by atoms with Gasteiger partial charge in [-0.3, -0.25) is 24.7 Å². The molecule has 214 valence electrons. The first kappa shape index (κ1) is 28.7. The van der Waals surface area contributed by atoms with E-state index in [1.807, 2.05) is 25.7 Å². The van der Waals surface area contributed by atoms with E-state index in [1.54, 1.807) is 18.2 Å². The number of imide groups is 1. The van der Waals surface area contributed by atoms with Gasteiger partial charge in [0.25, 0.3) is 5.91 Å². The largest absolute Gasteiger partial charge is 0.495 e. The molecule has 11 nitrogen and oxygen atoms in total. The molecule has 1 aromatic carbocycles. The van der Waals surface area contributed by atoms with Crippen LogP contribution >= 0.6 is 0 Å². The summed E-state index contributed by atoms with van der Waals surface area (Å²) < 4.78 is 10.8. The Labute approximate surface area is 230 Å². The van der Waals surface area contributed by atoms with Crippen LogP contribution in [0.15, 0.2) is 18.2 Å². The van der Waals surface area contributed by atoms with Gasteiger partial charge in [-0.15, -0.1) is 0 Å². The van der Waals surface area contributed by atoms with Crippen LogP contribution in [0.3, 0.4) is 0 Å². The van der Waals surface area contributed by atoms with Gasteiger partial charge in [0.15, 0.2) is 0 Å². The second-order valence-corrected chi connectivity index (χ2v) is 11.6. The highest BCUT2D eigenvalue weighted by Crippen LogP contribution is 2.31. The average Bonchev–Trinajstić information content (AvgIpc) is 2.88. The summed E-state index contributed by atoms with van der Waals surface area (Å²) in [6.45, 7) is 9.71. The molecule has 1 saturated carbocycles. The van der Waals surface area contributed by atoms with Gasteiger partial charge in [0, 0.05) is 57.3 Å². The lowest BCUT2D eigenvalue weighted by molar-refractivity contribution is -0.120. The maximum absolute atomic E-state index is 13.3. The van der Waals surface area contributed by atoms with E-state index >= 15 is 0 Å². The number of ether oxygens (including phenoxy) is 2. The third-order valence-electron chi connectivity index (χ3n) is 7.51. The van der Waals surface area contributed by atoms with Crippen molar-refractivity contribution in [2.45, 2.75) is 64.5 Å². The van der Waals surface area contributed by atoms with Gasteiger partial charge in [-0.25, -0.2) is 9.59 Å². The Bertz CT molecular complexity index is 1070. The molecule has 0 bridgehead atoms. The first-order chi connectivity index (χ1) is 18.5. The molecule has 0 unspecified atom stereocenters. The number of piperazine rings is 1. The van der Waals surface area contributed by atoms with Crippen LogP contribution in [0.4, 0.5) is 15.3 Å². The van der Waals surface area contributed by atoms with Crippen LogP contribution in [0.2, 0.25) is 0 Å². The predicted octanol–water partition coefficient (Wildman–Crippen LogP) is 2.98. The fourth-order valence-electron chi connectivity index (χ4n) is 5.47. The van der Waals surface area contributed by atoms with Crippen molar-refractivity contribution in [1.29, 1.82) is 0 Å². The molecule has 3 fully saturated rings. The average molecular weight is 544 g/mol. The topological polar surface area (TPSA) is 121 Å². The van der Waals surface area contributed by atoms with Crippen LogP contribution in [-0.2, 0) is 9.53 Å². The van der Waals surface area contributed by atoms with Crippen molar-refractivity contribution < 1.29 is 28.7 Å². The molecule has 3 aliphatic rings. The van der Waals surface area contributed by atoms with Crippen LogP contribution in [0.5, 0.6) is 5.75 Å². The van der Waals surface area contributed by atoms with Gasteiger partial charge in [0.05, 0.1) is 12.8 Å². The van der Waals surface area contributed by atoms with Crippen molar-refractivity contribution in [3.63, 3.8) is 0 Å². The van der Waals surface area contributed by atoms with Crippen molar-refractivity contribution in [1.82, 2.24) is 20.4 Å². The fraction of sp³-hybridized carbons (Fsp3) is 0.643. The van der Waals surface area contributed by atoms with Gasteiger partial charge in [0.1, 0.15) is 11.4 Å². The van der Waals surface area contributed by atoms with Crippen LogP contribution in [-0.4, -0.2) is 91.8 Å². The summed E-state index contributed by atoms with van der Waals surface area (Å²) in [5.74, 6) is 0.652. The van der Waals surface area contributed by atoms with Gasteiger partial charge < -0.3 is 19.7 Å². The van der Waals surface area contributed by atoms with Crippen LogP contribution < -0.4 is 20.3 Å². The third kappa shape index (κ3) is 7.62. The second-order valence-electron chi connectivity index (χ2n) is 11.6. The van der Waals surface area contributed by atoms with Gasteiger partial charge in [-0.1, -0.05) is 0 Å². The molecule has 4 rings (SSSR count). The molecule has 2 saturated heterocycles. The smallest absolute Gasteiger partial charge is 0.407 e. The van der Waals surface area contributed by atoms with E-state index in [1.165, 1.54) is 12.0 Å². The third-order valence-corrected chi connectivity index (χ3v) is 7.51. The first-order valence-corrected chi connectivity index (χ1v) is 13.8. The summed E-state index contributed by atoms with van der Waals surface area (Å²) in [5, 5.41) is 5.32. The molecule has 2 heterocycles. The summed E-state index contributed by atoms with van der Waals surface area (Å²) in [5.41, 5.74) is 0.467. The van der Waals surface area contributed by atoms with Gasteiger partial charge in [0.2, 0.25) is 5.91 Å². The normalized spacial score (nSPS) is 22.8. The number of methoxy groups -OCH3 is 1. The van der Waals surface area contributed by atoms with Crippen LogP contribution in [0, 0.1) is 5.92 Å². The highest BCUT2D eigenvalue weighted by atomic mass is 16.6. The second kappa shape index (κ2) is 12.2. The number of carbonyl (C=O) groups excluding carboxylic acids is 4. The van der Waals surface area contributed by atoms with E-state index < -0.39 is 11.6 Å². The number of amides is 5. The number of nitrogens with one attached hydrogen (secondary N) is 2. The van der Waals surface area contributed by atoms with E-state index in [0.717, 1.165) is 45.3 Å². The van der Waals surface area contributed by atoms with E-state index in [0.29, 0.717) is 36.0 Å². The summed E-state index contributed by atoms with van der Waals surface area (Å²) in [6, 6.07) is 4.73. The number of alkyl carbamates (subject to hydrolysis) is 1. The lowest BCUT2D eigenvalue weighted by Gasteiger charge is -2.38. The zero-order valence-corrected chi connectivity index (χ0v) is 23.5. The SMILES string of the molecule is COc1ccc(C(=O)N2CCN(CC3CCC(NC(=O)OC(C)(C)C)CC3)CC2)cc1N1CCC(=O)NC1=O.